The molecule has 0 saturated heterocycles. The maximum Gasteiger partial charge on any atom is 0.145 e. The van der Waals surface area contributed by atoms with Crippen molar-refractivity contribution in [1.29, 1.82) is 0 Å². The number of rotatable bonds is 4. The SMILES string of the molecule is C=C(C)COc1cccc(-c2cc(N)n[nH]2)c1Br. The zero-order valence-corrected chi connectivity index (χ0v) is 11.6. The maximum absolute atomic E-state index is 5.66. The van der Waals surface area contributed by atoms with Crippen LogP contribution in [-0.4, -0.2) is 16.8 Å². The number of hydrogen-bond donors (Lipinski definition) is 2. The minimum absolute atomic E-state index is 0.463. The van der Waals surface area contributed by atoms with Gasteiger partial charge in [0, 0.05) is 11.6 Å². The summed E-state index contributed by atoms with van der Waals surface area (Å²) in [6, 6.07) is 7.56. The molecule has 0 saturated carbocycles. The first kappa shape index (κ1) is 12.7. The van der Waals surface area contributed by atoms with Crippen molar-refractivity contribution in [2.75, 3.05) is 12.3 Å². The smallest absolute Gasteiger partial charge is 0.145 e. The Kier molecular flexibility index (Phi) is 3.72. The number of nitrogen functional groups attached to an aromatic ring is 1. The molecule has 94 valence electrons. The van der Waals surface area contributed by atoms with Gasteiger partial charge >= 0.3 is 0 Å². The number of nitrogens with two attached hydrogens (primary N) is 1. The van der Waals surface area contributed by atoms with Crippen molar-refractivity contribution >= 4 is 21.7 Å². The van der Waals surface area contributed by atoms with Crippen LogP contribution >= 0.6 is 15.9 Å². The van der Waals surface area contributed by atoms with Crippen LogP contribution in [-0.2, 0) is 0 Å². The van der Waals surface area contributed by atoms with E-state index in [1.807, 2.05) is 25.1 Å². The second-order valence-electron chi connectivity index (χ2n) is 4.07. The number of anilines is 1. The molecular formula is C13H14BrN3O. The average Bonchev–Trinajstić information content (AvgIpc) is 2.74. The van der Waals surface area contributed by atoms with Crippen LogP contribution in [0.5, 0.6) is 5.75 Å². The number of aromatic nitrogens is 2. The molecule has 0 aliphatic rings. The van der Waals surface area contributed by atoms with Gasteiger partial charge < -0.3 is 10.5 Å². The van der Waals surface area contributed by atoms with Gasteiger partial charge in [0.1, 0.15) is 18.2 Å². The van der Waals surface area contributed by atoms with Gasteiger partial charge in [0.2, 0.25) is 0 Å². The minimum Gasteiger partial charge on any atom is -0.488 e. The zero-order chi connectivity index (χ0) is 13.1. The highest BCUT2D eigenvalue weighted by Gasteiger charge is 2.10. The van der Waals surface area contributed by atoms with Crippen molar-refractivity contribution in [1.82, 2.24) is 10.2 Å². The summed E-state index contributed by atoms with van der Waals surface area (Å²) < 4.78 is 6.53. The second kappa shape index (κ2) is 5.27. The summed E-state index contributed by atoms with van der Waals surface area (Å²) in [5.41, 5.74) is 8.38. The highest BCUT2D eigenvalue weighted by atomic mass is 79.9. The van der Waals surface area contributed by atoms with Crippen LogP contribution in [0.1, 0.15) is 6.92 Å². The molecule has 5 heteroatoms. The van der Waals surface area contributed by atoms with Crippen LogP contribution in [0.3, 0.4) is 0 Å². The average molecular weight is 308 g/mol. The molecule has 0 bridgehead atoms. The fourth-order valence-electron chi connectivity index (χ4n) is 1.51. The Morgan fingerprint density at radius 1 is 1.56 bits per heavy atom. The van der Waals surface area contributed by atoms with Gasteiger partial charge in [-0.1, -0.05) is 18.7 Å². The van der Waals surface area contributed by atoms with Gasteiger partial charge in [-0.2, -0.15) is 5.10 Å². The topological polar surface area (TPSA) is 63.9 Å². The normalized spacial score (nSPS) is 10.3. The monoisotopic (exact) mass is 307 g/mol. The van der Waals surface area contributed by atoms with Crippen LogP contribution in [0.15, 0.2) is 40.9 Å². The molecule has 0 atom stereocenters. The molecule has 0 radical (unpaired) electrons. The van der Waals surface area contributed by atoms with Crippen LogP contribution in [0.2, 0.25) is 0 Å². The van der Waals surface area contributed by atoms with Gasteiger partial charge in [-0.3, -0.25) is 5.10 Å². The van der Waals surface area contributed by atoms with E-state index in [9.17, 15) is 0 Å². The molecular weight excluding hydrogens is 294 g/mol. The third-order valence-electron chi connectivity index (χ3n) is 2.33. The van der Waals surface area contributed by atoms with E-state index in [1.165, 1.54) is 0 Å². The highest BCUT2D eigenvalue weighted by Crippen LogP contribution is 2.35. The Morgan fingerprint density at radius 2 is 2.33 bits per heavy atom. The number of ether oxygens (including phenoxy) is 1. The van der Waals surface area contributed by atoms with Crippen LogP contribution < -0.4 is 10.5 Å². The lowest BCUT2D eigenvalue weighted by atomic mass is 10.1. The molecule has 4 nitrogen and oxygen atoms in total. The number of halogens is 1. The number of hydrogen-bond acceptors (Lipinski definition) is 3. The Labute approximate surface area is 114 Å². The summed E-state index contributed by atoms with van der Waals surface area (Å²) >= 11 is 3.53. The third kappa shape index (κ3) is 2.73. The Bertz CT molecular complexity index is 577. The van der Waals surface area contributed by atoms with Crippen LogP contribution in [0, 0.1) is 0 Å². The Morgan fingerprint density at radius 3 is 2.94 bits per heavy atom. The Hall–Kier alpha value is -1.75. The first-order chi connectivity index (χ1) is 8.58. The van der Waals surface area contributed by atoms with Crippen molar-refractivity contribution < 1.29 is 4.74 Å². The maximum atomic E-state index is 5.66. The summed E-state index contributed by atoms with van der Waals surface area (Å²) in [6.45, 7) is 6.23. The first-order valence-corrected chi connectivity index (χ1v) is 6.24. The first-order valence-electron chi connectivity index (χ1n) is 5.45. The van der Waals surface area contributed by atoms with E-state index < -0.39 is 0 Å². The fraction of sp³-hybridized carbons (Fsp3) is 0.154. The van der Waals surface area contributed by atoms with Crippen molar-refractivity contribution in [2.24, 2.45) is 0 Å². The van der Waals surface area contributed by atoms with Gasteiger partial charge in [-0.15, -0.1) is 0 Å². The van der Waals surface area contributed by atoms with E-state index in [0.29, 0.717) is 12.4 Å². The number of aromatic amines is 1. The molecule has 18 heavy (non-hydrogen) atoms. The van der Waals surface area contributed by atoms with Crippen LogP contribution in [0.4, 0.5) is 5.82 Å². The number of nitrogens with one attached hydrogen (secondary N) is 1. The third-order valence-corrected chi connectivity index (χ3v) is 3.14. The standard InChI is InChI=1S/C13H14BrN3O/c1-8(2)7-18-11-5-3-4-9(13(11)14)10-6-12(15)17-16-10/h3-6H,1,7H2,2H3,(H3,15,16,17). The van der Waals surface area contributed by atoms with E-state index in [1.54, 1.807) is 6.07 Å². The van der Waals surface area contributed by atoms with Gasteiger partial charge in [-0.25, -0.2) is 0 Å². The molecule has 3 N–H and O–H groups in total. The lowest BCUT2D eigenvalue weighted by Gasteiger charge is -2.10. The number of H-pyrrole nitrogens is 1. The predicted octanol–water partition coefficient (Wildman–Crippen LogP) is 3.38. The summed E-state index contributed by atoms with van der Waals surface area (Å²) in [5.74, 6) is 1.23. The molecule has 0 aliphatic carbocycles. The van der Waals surface area contributed by atoms with Crippen molar-refractivity contribution in [2.45, 2.75) is 6.92 Å². The van der Waals surface area contributed by atoms with Gasteiger partial charge in [-0.05, 0) is 34.5 Å². The zero-order valence-electron chi connectivity index (χ0n) is 10.0. The summed E-state index contributed by atoms with van der Waals surface area (Å²) in [6.07, 6.45) is 0. The van der Waals surface area contributed by atoms with E-state index in [4.69, 9.17) is 10.5 Å². The molecule has 1 aromatic heterocycles. The minimum atomic E-state index is 0.463. The van der Waals surface area contributed by atoms with Crippen LogP contribution in [0.25, 0.3) is 11.3 Å². The summed E-state index contributed by atoms with van der Waals surface area (Å²) in [5, 5.41) is 6.79. The van der Waals surface area contributed by atoms with E-state index >= 15 is 0 Å². The Balaban J connectivity index is 2.32. The van der Waals surface area contributed by atoms with Gasteiger partial charge in [0.15, 0.2) is 0 Å². The molecule has 0 unspecified atom stereocenters. The fourth-order valence-corrected chi connectivity index (χ4v) is 2.10. The number of nitrogens with zero attached hydrogens (tertiary/aromatic N) is 1. The summed E-state index contributed by atoms with van der Waals surface area (Å²) in [7, 11) is 0. The van der Waals surface area contributed by atoms with E-state index in [0.717, 1.165) is 27.1 Å². The second-order valence-corrected chi connectivity index (χ2v) is 4.86. The van der Waals surface area contributed by atoms with Crippen molar-refractivity contribution in [3.63, 3.8) is 0 Å². The molecule has 2 aromatic rings. The number of benzene rings is 1. The lowest BCUT2D eigenvalue weighted by Crippen LogP contribution is -1.98. The lowest BCUT2D eigenvalue weighted by molar-refractivity contribution is 0.350. The summed E-state index contributed by atoms with van der Waals surface area (Å²) in [4.78, 5) is 0. The van der Waals surface area contributed by atoms with Gasteiger partial charge in [0.25, 0.3) is 0 Å². The molecule has 2 rings (SSSR count). The molecule has 1 aromatic carbocycles. The largest absolute Gasteiger partial charge is 0.488 e. The molecule has 0 amide bonds. The molecule has 0 aliphatic heterocycles. The quantitative estimate of drug-likeness (QED) is 0.851. The van der Waals surface area contributed by atoms with Crippen molar-refractivity contribution in [3.05, 3.63) is 40.9 Å². The molecule has 0 fully saturated rings. The molecule has 1 heterocycles. The van der Waals surface area contributed by atoms with Gasteiger partial charge in [0.05, 0.1) is 10.2 Å². The highest BCUT2D eigenvalue weighted by molar-refractivity contribution is 9.10. The van der Waals surface area contributed by atoms with E-state index in [2.05, 4.69) is 32.7 Å². The predicted molar refractivity (Wildman–Crippen MR) is 76.4 cm³/mol. The molecule has 0 spiro atoms. The van der Waals surface area contributed by atoms with Crippen molar-refractivity contribution in [3.8, 4) is 17.0 Å². The van der Waals surface area contributed by atoms with E-state index in [-0.39, 0.29) is 0 Å².